The van der Waals surface area contributed by atoms with E-state index in [0.29, 0.717) is 18.8 Å². The molecule has 1 rings (SSSR count). The highest BCUT2D eigenvalue weighted by molar-refractivity contribution is 5.50. The van der Waals surface area contributed by atoms with Gasteiger partial charge < -0.3 is 9.47 Å². The number of rotatable bonds is 5. The quantitative estimate of drug-likeness (QED) is 0.673. The van der Waals surface area contributed by atoms with Gasteiger partial charge in [0.1, 0.15) is 6.61 Å². The Balaban J connectivity index is 2.71. The second-order valence-corrected chi connectivity index (χ2v) is 2.70. The van der Waals surface area contributed by atoms with Gasteiger partial charge in [-0.05, 0) is 6.07 Å². The van der Waals surface area contributed by atoms with Crippen LogP contribution in [0.5, 0.6) is 5.75 Å². The predicted molar refractivity (Wildman–Crippen MR) is 53.9 cm³/mol. The molecular formula is C11H13FO2. The van der Waals surface area contributed by atoms with Crippen molar-refractivity contribution < 1.29 is 13.9 Å². The van der Waals surface area contributed by atoms with Crippen LogP contribution in [0.1, 0.15) is 5.56 Å². The van der Waals surface area contributed by atoms with Gasteiger partial charge in [-0.1, -0.05) is 24.8 Å². The lowest BCUT2D eigenvalue weighted by atomic mass is 10.2. The number of halogens is 1. The average molecular weight is 196 g/mol. The fourth-order valence-corrected chi connectivity index (χ4v) is 1.03. The molecule has 0 aliphatic carbocycles. The third kappa shape index (κ3) is 2.57. The Labute approximate surface area is 83.0 Å². The molecule has 1 aromatic carbocycles. The van der Waals surface area contributed by atoms with Gasteiger partial charge in [-0.3, -0.25) is 0 Å². The van der Waals surface area contributed by atoms with Crippen molar-refractivity contribution in [1.82, 2.24) is 0 Å². The Morgan fingerprint density at radius 3 is 2.86 bits per heavy atom. The second kappa shape index (κ2) is 5.40. The summed E-state index contributed by atoms with van der Waals surface area (Å²) in [7, 11) is 1.57. The molecule has 0 amide bonds. The summed E-state index contributed by atoms with van der Waals surface area (Å²) in [6.07, 6.45) is 1.46. The first-order valence-corrected chi connectivity index (χ1v) is 4.32. The first kappa shape index (κ1) is 10.7. The maximum atomic E-state index is 13.5. The summed E-state index contributed by atoms with van der Waals surface area (Å²) in [6, 6.07) is 4.95. The Kier molecular flexibility index (Phi) is 4.13. The van der Waals surface area contributed by atoms with E-state index in [1.165, 1.54) is 6.08 Å². The minimum atomic E-state index is -0.376. The molecule has 14 heavy (non-hydrogen) atoms. The van der Waals surface area contributed by atoms with Crippen molar-refractivity contribution >= 4 is 6.08 Å². The molecule has 0 spiro atoms. The largest absolute Gasteiger partial charge is 0.488 e. The first-order valence-electron chi connectivity index (χ1n) is 4.32. The first-order chi connectivity index (χ1) is 6.79. The molecule has 1 aromatic rings. The fourth-order valence-electron chi connectivity index (χ4n) is 1.03. The van der Waals surface area contributed by atoms with Crippen molar-refractivity contribution in [3.63, 3.8) is 0 Å². The summed E-state index contributed by atoms with van der Waals surface area (Å²) in [6.45, 7) is 4.29. The van der Waals surface area contributed by atoms with Crippen LogP contribution < -0.4 is 4.74 Å². The lowest BCUT2D eigenvalue weighted by Gasteiger charge is -2.07. The number of hydrogen-bond donors (Lipinski definition) is 0. The van der Waals surface area contributed by atoms with Crippen molar-refractivity contribution in [1.29, 1.82) is 0 Å². The van der Waals surface area contributed by atoms with E-state index in [9.17, 15) is 4.39 Å². The van der Waals surface area contributed by atoms with Crippen molar-refractivity contribution in [3.05, 3.63) is 36.2 Å². The van der Waals surface area contributed by atoms with Crippen LogP contribution >= 0.6 is 0 Å². The lowest BCUT2D eigenvalue weighted by molar-refractivity contribution is 0.144. The summed E-state index contributed by atoms with van der Waals surface area (Å²) in [5.74, 6) is -0.141. The molecule has 2 nitrogen and oxygen atoms in total. The van der Waals surface area contributed by atoms with E-state index in [2.05, 4.69) is 6.58 Å². The molecule has 0 N–H and O–H groups in total. The van der Waals surface area contributed by atoms with Crippen LogP contribution in [0.2, 0.25) is 0 Å². The SMILES string of the molecule is C=Cc1cccc(OCCOC)c1F. The highest BCUT2D eigenvalue weighted by Crippen LogP contribution is 2.20. The third-order valence-corrected chi connectivity index (χ3v) is 1.76. The topological polar surface area (TPSA) is 18.5 Å². The van der Waals surface area contributed by atoms with Gasteiger partial charge in [0, 0.05) is 12.7 Å². The minimum absolute atomic E-state index is 0.236. The van der Waals surface area contributed by atoms with E-state index in [4.69, 9.17) is 9.47 Å². The molecule has 0 fully saturated rings. The fraction of sp³-hybridized carbons (Fsp3) is 0.273. The molecule has 0 aliphatic heterocycles. The summed E-state index contributed by atoms with van der Waals surface area (Å²) in [5.41, 5.74) is 0.444. The highest BCUT2D eigenvalue weighted by atomic mass is 19.1. The number of hydrogen-bond acceptors (Lipinski definition) is 2. The zero-order chi connectivity index (χ0) is 10.4. The molecule has 3 heteroatoms. The van der Waals surface area contributed by atoms with Gasteiger partial charge in [-0.15, -0.1) is 0 Å². The molecule has 0 heterocycles. The van der Waals surface area contributed by atoms with Gasteiger partial charge >= 0.3 is 0 Å². The summed E-state index contributed by atoms with van der Waals surface area (Å²) >= 11 is 0. The van der Waals surface area contributed by atoms with Crippen molar-refractivity contribution in [2.75, 3.05) is 20.3 Å². The highest BCUT2D eigenvalue weighted by Gasteiger charge is 2.05. The predicted octanol–water partition coefficient (Wildman–Crippen LogP) is 2.49. The molecule has 0 radical (unpaired) electrons. The van der Waals surface area contributed by atoms with Gasteiger partial charge in [0.25, 0.3) is 0 Å². The second-order valence-electron chi connectivity index (χ2n) is 2.70. The van der Waals surface area contributed by atoms with Gasteiger partial charge in [0.15, 0.2) is 11.6 Å². The molecule has 0 bridgehead atoms. The Morgan fingerprint density at radius 1 is 1.43 bits per heavy atom. The van der Waals surface area contributed by atoms with E-state index < -0.39 is 0 Å². The molecule has 0 unspecified atom stereocenters. The van der Waals surface area contributed by atoms with Gasteiger partial charge in [0.2, 0.25) is 0 Å². The van der Waals surface area contributed by atoms with Crippen LogP contribution in [0.3, 0.4) is 0 Å². The molecular weight excluding hydrogens is 183 g/mol. The van der Waals surface area contributed by atoms with Crippen LogP contribution in [0.25, 0.3) is 6.08 Å². The molecule has 76 valence electrons. The van der Waals surface area contributed by atoms with E-state index >= 15 is 0 Å². The average Bonchev–Trinajstić information content (AvgIpc) is 2.21. The van der Waals surface area contributed by atoms with E-state index in [1.807, 2.05) is 0 Å². The smallest absolute Gasteiger partial charge is 0.172 e. The number of ether oxygens (including phenoxy) is 2. The van der Waals surface area contributed by atoms with Crippen molar-refractivity contribution in [2.24, 2.45) is 0 Å². The zero-order valence-electron chi connectivity index (χ0n) is 8.13. The maximum Gasteiger partial charge on any atom is 0.172 e. The molecule has 0 aliphatic rings. The van der Waals surface area contributed by atoms with Gasteiger partial charge in [-0.25, -0.2) is 4.39 Å². The van der Waals surface area contributed by atoms with E-state index in [-0.39, 0.29) is 11.6 Å². The third-order valence-electron chi connectivity index (χ3n) is 1.76. The van der Waals surface area contributed by atoms with Crippen LogP contribution in [0.4, 0.5) is 4.39 Å². The minimum Gasteiger partial charge on any atom is -0.488 e. The number of benzene rings is 1. The Morgan fingerprint density at radius 2 is 2.21 bits per heavy atom. The Hall–Kier alpha value is -1.35. The van der Waals surface area contributed by atoms with Crippen LogP contribution in [0.15, 0.2) is 24.8 Å². The van der Waals surface area contributed by atoms with Crippen LogP contribution in [-0.2, 0) is 4.74 Å². The standard InChI is InChI=1S/C11H13FO2/c1-3-9-5-4-6-10(11(9)12)14-8-7-13-2/h3-6H,1,7-8H2,2H3. The van der Waals surface area contributed by atoms with Crippen molar-refractivity contribution in [3.8, 4) is 5.75 Å². The monoisotopic (exact) mass is 196 g/mol. The molecule has 0 saturated heterocycles. The van der Waals surface area contributed by atoms with Gasteiger partial charge in [-0.2, -0.15) is 0 Å². The summed E-state index contributed by atoms with van der Waals surface area (Å²) < 4.78 is 23.4. The Bertz CT molecular complexity index is 310. The van der Waals surface area contributed by atoms with E-state index in [0.717, 1.165) is 0 Å². The van der Waals surface area contributed by atoms with Crippen molar-refractivity contribution in [2.45, 2.75) is 0 Å². The summed E-state index contributed by atoms with van der Waals surface area (Å²) in [5, 5.41) is 0. The van der Waals surface area contributed by atoms with Crippen LogP contribution in [-0.4, -0.2) is 20.3 Å². The lowest BCUT2D eigenvalue weighted by Crippen LogP contribution is -2.05. The molecule has 0 atom stereocenters. The maximum absolute atomic E-state index is 13.5. The van der Waals surface area contributed by atoms with Crippen LogP contribution in [0, 0.1) is 5.82 Å². The zero-order valence-corrected chi connectivity index (χ0v) is 8.13. The van der Waals surface area contributed by atoms with Gasteiger partial charge in [0.05, 0.1) is 6.61 Å². The number of methoxy groups -OCH3 is 1. The normalized spacial score (nSPS) is 9.86. The summed E-state index contributed by atoms with van der Waals surface area (Å²) in [4.78, 5) is 0. The molecule has 0 aromatic heterocycles. The van der Waals surface area contributed by atoms with E-state index in [1.54, 1.807) is 25.3 Å². The molecule has 0 saturated carbocycles.